The van der Waals surface area contributed by atoms with Gasteiger partial charge in [-0.1, -0.05) is 36.4 Å². The molecule has 1 aliphatic rings. The highest BCUT2D eigenvalue weighted by Crippen LogP contribution is 2.14. The fourth-order valence-corrected chi connectivity index (χ4v) is 3.30. The Hall–Kier alpha value is -2.20. The minimum Gasteiger partial charge on any atom is -0.381 e. The molecule has 2 aromatic rings. The molecule has 0 radical (unpaired) electrons. The van der Waals surface area contributed by atoms with Gasteiger partial charge in [0.2, 0.25) is 0 Å². The van der Waals surface area contributed by atoms with Crippen molar-refractivity contribution < 1.29 is 9.66 Å². The van der Waals surface area contributed by atoms with Gasteiger partial charge >= 0.3 is 0 Å². The Morgan fingerprint density at radius 3 is 2.63 bits per heavy atom. The van der Waals surface area contributed by atoms with Crippen molar-refractivity contribution in [3.63, 3.8) is 0 Å². The van der Waals surface area contributed by atoms with Crippen LogP contribution in [0.15, 0.2) is 53.5 Å². The van der Waals surface area contributed by atoms with Crippen LogP contribution in [0.3, 0.4) is 0 Å². The highest BCUT2D eigenvalue weighted by Gasteiger charge is 2.17. The van der Waals surface area contributed by atoms with E-state index in [1.807, 2.05) is 19.2 Å². The molecule has 0 spiro atoms. The first-order chi connectivity index (χ1) is 14.0. The van der Waals surface area contributed by atoms with E-state index >= 15 is 0 Å². The Bertz CT molecular complexity index is 852. The summed E-state index contributed by atoms with van der Waals surface area (Å²) in [5.74, 6) is 1.31. The van der Waals surface area contributed by atoms with Crippen molar-refractivity contribution in [1.29, 1.82) is 0 Å². The average Bonchev–Trinajstić information content (AvgIpc) is 3.23. The van der Waals surface area contributed by atoms with Crippen LogP contribution in [0.2, 0.25) is 0 Å². The maximum atomic E-state index is 10.8. The number of ether oxygens (including phenoxy) is 1. The maximum absolute atomic E-state index is 10.8. The summed E-state index contributed by atoms with van der Waals surface area (Å²) in [6.45, 7) is 5.74. The van der Waals surface area contributed by atoms with Crippen molar-refractivity contribution in [2.45, 2.75) is 26.4 Å². The Balaban J connectivity index is 0.00000320. The SMILES string of the molecule is Cc1ccccc1CN(C)C(=NCc1ccc([N+](=O)[O-])cc1)NCC1CCOC1.I. The van der Waals surface area contributed by atoms with Crippen molar-refractivity contribution in [2.24, 2.45) is 10.9 Å². The number of hydrogen-bond donors (Lipinski definition) is 1. The Labute approximate surface area is 194 Å². The van der Waals surface area contributed by atoms with Crippen LogP contribution in [-0.4, -0.2) is 42.6 Å². The van der Waals surface area contributed by atoms with Crippen molar-refractivity contribution >= 4 is 35.6 Å². The van der Waals surface area contributed by atoms with Gasteiger partial charge in [0.15, 0.2) is 5.96 Å². The van der Waals surface area contributed by atoms with Gasteiger partial charge in [-0.2, -0.15) is 0 Å². The van der Waals surface area contributed by atoms with Gasteiger partial charge in [-0.3, -0.25) is 10.1 Å². The number of halogens is 1. The lowest BCUT2D eigenvalue weighted by Crippen LogP contribution is -2.41. The molecule has 1 atom stereocenters. The Kier molecular flexibility index (Phi) is 9.51. The van der Waals surface area contributed by atoms with Crippen LogP contribution in [0, 0.1) is 23.0 Å². The lowest BCUT2D eigenvalue weighted by atomic mass is 10.1. The molecule has 1 heterocycles. The molecule has 0 aliphatic carbocycles. The molecule has 8 heteroatoms. The van der Waals surface area contributed by atoms with Crippen LogP contribution < -0.4 is 5.32 Å². The van der Waals surface area contributed by atoms with Crippen molar-refractivity contribution in [1.82, 2.24) is 10.2 Å². The van der Waals surface area contributed by atoms with E-state index in [-0.39, 0.29) is 34.6 Å². The van der Waals surface area contributed by atoms with Crippen molar-refractivity contribution in [3.8, 4) is 0 Å². The first-order valence-corrected chi connectivity index (χ1v) is 9.88. The molecule has 1 saturated heterocycles. The van der Waals surface area contributed by atoms with Crippen molar-refractivity contribution in [2.75, 3.05) is 26.8 Å². The number of nitro benzene ring substituents is 1. The zero-order valence-electron chi connectivity index (χ0n) is 17.4. The van der Waals surface area contributed by atoms with E-state index in [0.29, 0.717) is 12.5 Å². The van der Waals surface area contributed by atoms with Crippen LogP contribution in [0.5, 0.6) is 0 Å². The van der Waals surface area contributed by atoms with Crippen LogP contribution in [-0.2, 0) is 17.8 Å². The highest BCUT2D eigenvalue weighted by molar-refractivity contribution is 14.0. The molecule has 3 rings (SSSR count). The lowest BCUT2D eigenvalue weighted by Gasteiger charge is -2.24. The molecule has 0 bridgehead atoms. The van der Waals surface area contributed by atoms with Gasteiger partial charge in [-0.25, -0.2) is 4.99 Å². The summed E-state index contributed by atoms with van der Waals surface area (Å²) in [5.41, 5.74) is 3.53. The largest absolute Gasteiger partial charge is 0.381 e. The number of benzene rings is 2. The van der Waals surface area contributed by atoms with Gasteiger partial charge < -0.3 is 15.0 Å². The summed E-state index contributed by atoms with van der Waals surface area (Å²) in [5, 5.41) is 14.3. The number of guanidine groups is 1. The van der Waals surface area contributed by atoms with E-state index in [1.54, 1.807) is 12.1 Å². The van der Waals surface area contributed by atoms with E-state index in [0.717, 1.165) is 44.2 Å². The Morgan fingerprint density at radius 2 is 2.00 bits per heavy atom. The second-order valence-corrected chi connectivity index (χ2v) is 7.46. The van der Waals surface area contributed by atoms with E-state index < -0.39 is 0 Å². The number of aryl methyl sites for hydroxylation is 1. The normalized spacial score (nSPS) is 16.1. The summed E-state index contributed by atoms with van der Waals surface area (Å²) in [6, 6.07) is 14.9. The van der Waals surface area contributed by atoms with Gasteiger partial charge in [0.25, 0.3) is 5.69 Å². The monoisotopic (exact) mass is 524 g/mol. The fraction of sp³-hybridized carbons (Fsp3) is 0.409. The molecule has 1 N–H and O–H groups in total. The molecule has 1 aliphatic heterocycles. The summed E-state index contributed by atoms with van der Waals surface area (Å²) in [7, 11) is 2.03. The lowest BCUT2D eigenvalue weighted by molar-refractivity contribution is -0.384. The minimum absolute atomic E-state index is 0. The number of nitro groups is 1. The number of nitrogens with zero attached hydrogens (tertiary/aromatic N) is 3. The predicted octanol–water partition coefficient (Wildman–Crippen LogP) is 4.14. The van der Waals surface area contributed by atoms with Crippen molar-refractivity contribution in [3.05, 3.63) is 75.3 Å². The maximum Gasteiger partial charge on any atom is 0.269 e. The van der Waals surface area contributed by atoms with Gasteiger partial charge in [0.05, 0.1) is 18.1 Å². The van der Waals surface area contributed by atoms with Gasteiger partial charge in [-0.05, 0) is 30.0 Å². The van der Waals surface area contributed by atoms with E-state index in [2.05, 4.69) is 29.3 Å². The van der Waals surface area contributed by atoms with E-state index in [4.69, 9.17) is 9.73 Å². The zero-order chi connectivity index (χ0) is 20.6. The number of hydrogen-bond acceptors (Lipinski definition) is 4. The molecule has 0 saturated carbocycles. The van der Waals surface area contributed by atoms with Crippen LogP contribution in [0.1, 0.15) is 23.1 Å². The molecular formula is C22H29IN4O3. The number of nitrogens with one attached hydrogen (secondary N) is 1. The molecular weight excluding hydrogens is 495 g/mol. The molecule has 7 nitrogen and oxygen atoms in total. The first kappa shape index (κ1) is 24.1. The predicted molar refractivity (Wildman–Crippen MR) is 129 cm³/mol. The quantitative estimate of drug-likeness (QED) is 0.194. The standard InChI is InChI=1S/C22H28N4O3.HI/c1-17-5-3-4-6-20(17)15-25(2)22(24-14-19-11-12-29-16-19)23-13-18-7-9-21(10-8-18)26(27)28;/h3-10,19H,11-16H2,1-2H3,(H,23,24);1H. The molecule has 1 unspecified atom stereocenters. The fourth-order valence-electron chi connectivity index (χ4n) is 3.30. The third-order valence-corrected chi connectivity index (χ3v) is 5.16. The minimum atomic E-state index is -0.389. The molecule has 1 fully saturated rings. The second-order valence-electron chi connectivity index (χ2n) is 7.46. The van der Waals surface area contributed by atoms with Crippen LogP contribution in [0.4, 0.5) is 5.69 Å². The number of rotatable bonds is 7. The summed E-state index contributed by atoms with van der Waals surface area (Å²) < 4.78 is 5.47. The van der Waals surface area contributed by atoms with Gasteiger partial charge in [0, 0.05) is 44.8 Å². The average molecular weight is 524 g/mol. The molecule has 162 valence electrons. The van der Waals surface area contributed by atoms with Crippen LogP contribution >= 0.6 is 24.0 Å². The summed E-state index contributed by atoms with van der Waals surface area (Å²) >= 11 is 0. The van der Waals surface area contributed by atoms with Gasteiger partial charge in [-0.15, -0.1) is 24.0 Å². The molecule has 2 aromatic carbocycles. The third kappa shape index (κ3) is 6.94. The smallest absolute Gasteiger partial charge is 0.269 e. The highest BCUT2D eigenvalue weighted by atomic mass is 127. The molecule has 0 aromatic heterocycles. The van der Waals surface area contributed by atoms with E-state index in [9.17, 15) is 10.1 Å². The van der Waals surface area contributed by atoms with Crippen LogP contribution in [0.25, 0.3) is 0 Å². The van der Waals surface area contributed by atoms with E-state index in [1.165, 1.54) is 23.3 Å². The molecule has 0 amide bonds. The van der Waals surface area contributed by atoms with Gasteiger partial charge in [0.1, 0.15) is 0 Å². The topological polar surface area (TPSA) is 80.0 Å². The second kappa shape index (κ2) is 11.8. The molecule has 30 heavy (non-hydrogen) atoms. The Morgan fingerprint density at radius 1 is 1.27 bits per heavy atom. The zero-order valence-corrected chi connectivity index (χ0v) is 19.7. The summed E-state index contributed by atoms with van der Waals surface area (Å²) in [4.78, 5) is 17.3. The summed E-state index contributed by atoms with van der Waals surface area (Å²) in [6.07, 6.45) is 1.06. The number of non-ortho nitro benzene ring substituents is 1. The third-order valence-electron chi connectivity index (χ3n) is 5.16. The first-order valence-electron chi connectivity index (χ1n) is 9.88. The number of aliphatic imine (C=N–C) groups is 1.